The van der Waals surface area contributed by atoms with Crippen molar-refractivity contribution in [2.24, 2.45) is 11.8 Å². The molecule has 0 aromatic heterocycles. The molecule has 0 aromatic rings. The lowest BCUT2D eigenvalue weighted by molar-refractivity contribution is -0.167. The molecule has 0 N–H and O–H groups in total. The molecular formula is C51H98O6. The molecule has 338 valence electrons. The van der Waals surface area contributed by atoms with Crippen molar-refractivity contribution >= 4 is 17.9 Å². The molecule has 0 unspecified atom stereocenters. The van der Waals surface area contributed by atoms with Gasteiger partial charge in [0.25, 0.3) is 0 Å². The van der Waals surface area contributed by atoms with Crippen LogP contribution in [0, 0.1) is 11.8 Å². The highest BCUT2D eigenvalue weighted by Crippen LogP contribution is 2.17. The molecule has 0 rings (SSSR count). The molecule has 0 fully saturated rings. The molecule has 0 aliphatic rings. The maximum absolute atomic E-state index is 12.7. The third-order valence-electron chi connectivity index (χ3n) is 11.5. The third kappa shape index (κ3) is 45.3. The molecule has 0 aromatic carbocycles. The van der Waals surface area contributed by atoms with E-state index in [1.807, 2.05) is 0 Å². The number of hydrogen-bond donors (Lipinski definition) is 0. The van der Waals surface area contributed by atoms with Gasteiger partial charge in [0.05, 0.1) is 0 Å². The monoisotopic (exact) mass is 807 g/mol. The molecule has 0 radical (unpaired) electrons. The summed E-state index contributed by atoms with van der Waals surface area (Å²) in [5.41, 5.74) is 0. The minimum atomic E-state index is -0.762. The Labute approximate surface area is 355 Å². The first-order chi connectivity index (χ1) is 27.7. The molecule has 0 aliphatic heterocycles. The first kappa shape index (κ1) is 55.4. The summed E-state index contributed by atoms with van der Waals surface area (Å²) in [6.07, 6.45) is 43.9. The van der Waals surface area contributed by atoms with Crippen molar-refractivity contribution in [3.63, 3.8) is 0 Å². The molecular weight excluding hydrogens is 709 g/mol. The van der Waals surface area contributed by atoms with Crippen molar-refractivity contribution in [1.29, 1.82) is 0 Å². The molecule has 6 heteroatoms. The summed E-state index contributed by atoms with van der Waals surface area (Å²) in [5.74, 6) is 0.735. The lowest BCUT2D eigenvalue weighted by atomic mass is 10.0. The normalized spacial score (nSPS) is 12.1. The van der Waals surface area contributed by atoms with E-state index < -0.39 is 6.10 Å². The third-order valence-corrected chi connectivity index (χ3v) is 11.5. The van der Waals surface area contributed by atoms with Crippen LogP contribution in [0.2, 0.25) is 0 Å². The van der Waals surface area contributed by atoms with Crippen molar-refractivity contribution in [3.05, 3.63) is 0 Å². The van der Waals surface area contributed by atoms with E-state index in [9.17, 15) is 14.4 Å². The lowest BCUT2D eigenvalue weighted by Gasteiger charge is -2.18. The molecule has 0 bridgehead atoms. The fraction of sp³-hybridized carbons (Fsp3) is 0.941. The summed E-state index contributed by atoms with van der Waals surface area (Å²) in [5, 5.41) is 0. The van der Waals surface area contributed by atoms with Crippen LogP contribution >= 0.6 is 0 Å². The van der Waals surface area contributed by atoms with Crippen LogP contribution in [0.25, 0.3) is 0 Å². The van der Waals surface area contributed by atoms with Gasteiger partial charge in [0.1, 0.15) is 13.2 Å². The zero-order valence-corrected chi connectivity index (χ0v) is 39.0. The first-order valence-electron chi connectivity index (χ1n) is 25.2. The van der Waals surface area contributed by atoms with Crippen LogP contribution in [0.15, 0.2) is 0 Å². The Morgan fingerprint density at radius 2 is 0.579 bits per heavy atom. The molecule has 57 heavy (non-hydrogen) atoms. The van der Waals surface area contributed by atoms with Crippen molar-refractivity contribution in [3.8, 4) is 0 Å². The maximum Gasteiger partial charge on any atom is 0.306 e. The van der Waals surface area contributed by atoms with Crippen LogP contribution in [0.5, 0.6) is 0 Å². The number of hydrogen-bond acceptors (Lipinski definition) is 6. The Hall–Kier alpha value is -1.59. The number of carbonyl (C=O) groups is 3. The molecule has 0 spiro atoms. The summed E-state index contributed by atoms with van der Waals surface area (Å²) in [6, 6.07) is 0. The standard InChI is InChI=1S/C51H98O6/c1-6-7-8-9-10-11-12-13-14-15-16-17-18-19-26-31-36-41-49(52)55-44-48(57-51(54)43-38-33-28-23-21-25-30-35-40-47(4)5)45-56-50(53)42-37-32-27-22-20-24-29-34-39-46(2)3/h46-48H,6-45H2,1-5H3/t48-/m1/s1. The minimum absolute atomic E-state index is 0.0647. The second-order valence-corrected chi connectivity index (χ2v) is 18.4. The van der Waals surface area contributed by atoms with Crippen molar-refractivity contribution in [1.82, 2.24) is 0 Å². The van der Waals surface area contributed by atoms with Crippen LogP contribution in [0.4, 0.5) is 0 Å². The van der Waals surface area contributed by atoms with Crippen molar-refractivity contribution in [2.45, 2.75) is 285 Å². The Morgan fingerprint density at radius 1 is 0.333 bits per heavy atom. The van der Waals surface area contributed by atoms with Gasteiger partial charge in [-0.2, -0.15) is 0 Å². The van der Waals surface area contributed by atoms with E-state index in [4.69, 9.17) is 14.2 Å². The fourth-order valence-corrected chi connectivity index (χ4v) is 7.64. The van der Waals surface area contributed by atoms with E-state index in [1.165, 1.54) is 167 Å². The largest absolute Gasteiger partial charge is 0.462 e. The molecule has 0 heterocycles. The van der Waals surface area contributed by atoms with Gasteiger partial charge < -0.3 is 14.2 Å². The zero-order valence-electron chi connectivity index (χ0n) is 39.0. The van der Waals surface area contributed by atoms with Gasteiger partial charge in [-0.1, -0.05) is 240 Å². The van der Waals surface area contributed by atoms with Crippen LogP contribution < -0.4 is 0 Å². The van der Waals surface area contributed by atoms with Crippen LogP contribution in [0.3, 0.4) is 0 Å². The Bertz CT molecular complexity index is 870. The van der Waals surface area contributed by atoms with Gasteiger partial charge >= 0.3 is 17.9 Å². The number of unbranched alkanes of at least 4 members (excludes halogenated alkanes) is 30. The van der Waals surface area contributed by atoms with Crippen LogP contribution in [0.1, 0.15) is 279 Å². The average molecular weight is 807 g/mol. The topological polar surface area (TPSA) is 78.9 Å². The number of rotatable bonds is 45. The highest BCUT2D eigenvalue weighted by Gasteiger charge is 2.19. The average Bonchev–Trinajstić information content (AvgIpc) is 3.18. The first-order valence-corrected chi connectivity index (χ1v) is 25.2. The van der Waals surface area contributed by atoms with Crippen molar-refractivity contribution in [2.75, 3.05) is 13.2 Å². The van der Waals surface area contributed by atoms with Gasteiger partial charge in [-0.25, -0.2) is 0 Å². The molecule has 0 amide bonds. The second-order valence-electron chi connectivity index (χ2n) is 18.4. The van der Waals surface area contributed by atoms with Gasteiger partial charge in [-0.3, -0.25) is 14.4 Å². The maximum atomic E-state index is 12.7. The summed E-state index contributed by atoms with van der Waals surface area (Å²) >= 11 is 0. The summed E-state index contributed by atoms with van der Waals surface area (Å²) in [7, 11) is 0. The predicted octanol–water partition coefficient (Wildman–Crippen LogP) is 16.1. The quantitative estimate of drug-likeness (QED) is 0.0346. The Kier molecular flexibility index (Phi) is 42.7. The van der Waals surface area contributed by atoms with Gasteiger partial charge in [0, 0.05) is 19.3 Å². The molecule has 0 aliphatic carbocycles. The summed E-state index contributed by atoms with van der Waals surface area (Å²) < 4.78 is 16.8. The van der Waals surface area contributed by atoms with E-state index in [0.29, 0.717) is 19.3 Å². The SMILES string of the molecule is CCCCCCCCCCCCCCCCCCCC(=O)OC[C@H](COC(=O)CCCCCCCCCCC(C)C)OC(=O)CCCCCCCCCCC(C)C. The zero-order chi connectivity index (χ0) is 41.9. The molecule has 6 nitrogen and oxygen atoms in total. The van der Waals surface area contributed by atoms with Gasteiger partial charge in [0.15, 0.2) is 6.10 Å². The summed E-state index contributed by atoms with van der Waals surface area (Å²) in [6.45, 7) is 11.3. The lowest BCUT2D eigenvalue weighted by Crippen LogP contribution is -2.30. The van der Waals surface area contributed by atoms with E-state index in [-0.39, 0.29) is 31.1 Å². The van der Waals surface area contributed by atoms with E-state index >= 15 is 0 Å². The van der Waals surface area contributed by atoms with Crippen LogP contribution in [-0.2, 0) is 28.6 Å². The van der Waals surface area contributed by atoms with Gasteiger partial charge in [0.2, 0.25) is 0 Å². The predicted molar refractivity (Wildman–Crippen MR) is 243 cm³/mol. The summed E-state index contributed by atoms with van der Waals surface area (Å²) in [4.78, 5) is 37.8. The molecule has 0 saturated carbocycles. The fourth-order valence-electron chi connectivity index (χ4n) is 7.64. The number of esters is 3. The Balaban J connectivity index is 4.27. The Morgan fingerprint density at radius 3 is 0.860 bits per heavy atom. The highest BCUT2D eigenvalue weighted by atomic mass is 16.6. The number of carbonyl (C=O) groups excluding carboxylic acids is 3. The van der Waals surface area contributed by atoms with E-state index in [2.05, 4.69) is 34.6 Å². The van der Waals surface area contributed by atoms with Crippen molar-refractivity contribution < 1.29 is 28.6 Å². The van der Waals surface area contributed by atoms with E-state index in [1.54, 1.807) is 0 Å². The molecule has 1 atom stereocenters. The molecule has 0 saturated heterocycles. The smallest absolute Gasteiger partial charge is 0.306 e. The second kappa shape index (κ2) is 44.0. The van der Waals surface area contributed by atoms with Crippen LogP contribution in [-0.4, -0.2) is 37.2 Å². The van der Waals surface area contributed by atoms with Gasteiger partial charge in [-0.15, -0.1) is 0 Å². The van der Waals surface area contributed by atoms with Gasteiger partial charge in [-0.05, 0) is 31.1 Å². The minimum Gasteiger partial charge on any atom is -0.462 e. The number of ether oxygens (including phenoxy) is 3. The van der Waals surface area contributed by atoms with E-state index in [0.717, 1.165) is 69.6 Å². The highest BCUT2D eigenvalue weighted by molar-refractivity contribution is 5.71.